The zero-order chi connectivity index (χ0) is 21.0. The van der Waals surface area contributed by atoms with E-state index in [1.807, 2.05) is 32.0 Å². The Morgan fingerprint density at radius 2 is 1.66 bits per heavy atom. The van der Waals surface area contributed by atoms with Crippen molar-refractivity contribution >= 4 is 27.4 Å². The van der Waals surface area contributed by atoms with Gasteiger partial charge in [0, 0.05) is 17.3 Å². The topological polar surface area (TPSA) is 64.6 Å². The van der Waals surface area contributed by atoms with Gasteiger partial charge in [0.15, 0.2) is 11.5 Å². The minimum Gasteiger partial charge on any atom is -0.493 e. The van der Waals surface area contributed by atoms with Gasteiger partial charge < -0.3 is 14.2 Å². The van der Waals surface area contributed by atoms with Crippen LogP contribution in [0.1, 0.15) is 16.7 Å². The number of hydrogen-bond acceptors (Lipinski definition) is 5. The van der Waals surface area contributed by atoms with E-state index in [2.05, 4.69) is 5.32 Å². The molecule has 3 aromatic carbocycles. The molecule has 0 fully saturated rings. The number of nitrogens with one attached hydrogen (secondary N) is 1. The first kappa shape index (κ1) is 21.0. The number of anilines is 1. The van der Waals surface area contributed by atoms with Crippen LogP contribution in [0.4, 0.5) is 5.69 Å². The minimum atomic E-state index is -3.95. The molecule has 0 aliphatic heterocycles. The summed E-state index contributed by atoms with van der Waals surface area (Å²) < 4.78 is 35.7. The Hall–Kier alpha value is -2.70. The lowest BCUT2D eigenvalue weighted by atomic mass is 10.2. The van der Waals surface area contributed by atoms with Gasteiger partial charge in [-0.1, -0.05) is 41.4 Å². The predicted molar refractivity (Wildman–Crippen MR) is 116 cm³/mol. The standard InChI is InChI=1S/C22H22ClNO4S/c1-15-4-9-19(10-5-15)29(25,26)28-21-11-7-17(12-22(21)27-3)14-24-18-8-6-16(2)20(23)13-18/h4-13,24H,14H2,1-3H3. The molecule has 7 heteroatoms. The van der Waals surface area contributed by atoms with E-state index in [0.29, 0.717) is 17.3 Å². The number of halogens is 1. The third kappa shape index (κ3) is 5.22. The van der Waals surface area contributed by atoms with Crippen LogP contribution in [0.2, 0.25) is 5.02 Å². The Morgan fingerprint density at radius 1 is 0.931 bits per heavy atom. The molecule has 0 heterocycles. The molecule has 29 heavy (non-hydrogen) atoms. The van der Waals surface area contributed by atoms with Crippen molar-refractivity contribution in [2.24, 2.45) is 0 Å². The van der Waals surface area contributed by atoms with Crippen molar-refractivity contribution in [2.45, 2.75) is 25.3 Å². The fourth-order valence-electron chi connectivity index (χ4n) is 2.67. The molecule has 0 radical (unpaired) electrons. The number of aryl methyl sites for hydroxylation is 2. The highest BCUT2D eigenvalue weighted by Gasteiger charge is 2.19. The zero-order valence-corrected chi connectivity index (χ0v) is 18.0. The molecule has 0 aromatic heterocycles. The maximum Gasteiger partial charge on any atom is 0.339 e. The summed E-state index contributed by atoms with van der Waals surface area (Å²) in [5.41, 5.74) is 3.77. The molecule has 0 saturated heterocycles. The normalized spacial score (nSPS) is 11.2. The second-order valence-corrected chi connectivity index (χ2v) is 8.61. The average molecular weight is 432 g/mol. The molecule has 3 aromatic rings. The summed E-state index contributed by atoms with van der Waals surface area (Å²) in [6.45, 7) is 4.35. The largest absolute Gasteiger partial charge is 0.493 e. The second kappa shape index (κ2) is 8.76. The van der Waals surface area contributed by atoms with E-state index in [-0.39, 0.29) is 10.6 Å². The van der Waals surface area contributed by atoms with Crippen LogP contribution in [0.15, 0.2) is 65.6 Å². The Kier molecular flexibility index (Phi) is 6.35. The highest BCUT2D eigenvalue weighted by atomic mass is 35.5. The monoisotopic (exact) mass is 431 g/mol. The molecule has 0 unspecified atom stereocenters. The van der Waals surface area contributed by atoms with E-state index in [1.165, 1.54) is 19.2 Å². The third-order valence-electron chi connectivity index (χ3n) is 4.41. The molecule has 0 spiro atoms. The fourth-order valence-corrected chi connectivity index (χ4v) is 3.79. The molecule has 1 N–H and O–H groups in total. The number of hydrogen-bond donors (Lipinski definition) is 1. The summed E-state index contributed by atoms with van der Waals surface area (Å²) >= 11 is 6.15. The van der Waals surface area contributed by atoms with Crippen LogP contribution in [0, 0.1) is 13.8 Å². The quantitative estimate of drug-likeness (QED) is 0.511. The summed E-state index contributed by atoms with van der Waals surface area (Å²) in [5, 5.41) is 3.97. The van der Waals surface area contributed by atoms with E-state index in [9.17, 15) is 8.42 Å². The number of rotatable bonds is 7. The van der Waals surface area contributed by atoms with Crippen LogP contribution in [-0.4, -0.2) is 15.5 Å². The molecule has 5 nitrogen and oxygen atoms in total. The molecule has 3 rings (SSSR count). The van der Waals surface area contributed by atoms with Crippen molar-refractivity contribution in [1.82, 2.24) is 0 Å². The lowest BCUT2D eigenvalue weighted by Gasteiger charge is -2.13. The molecule has 0 aliphatic carbocycles. The Bertz CT molecular complexity index is 1110. The Balaban J connectivity index is 1.76. The van der Waals surface area contributed by atoms with E-state index in [1.54, 1.807) is 30.3 Å². The Labute approximate surface area is 176 Å². The van der Waals surface area contributed by atoms with E-state index in [0.717, 1.165) is 22.4 Å². The van der Waals surface area contributed by atoms with Gasteiger partial charge in [0.25, 0.3) is 0 Å². The molecule has 0 saturated carbocycles. The SMILES string of the molecule is COc1cc(CNc2ccc(C)c(Cl)c2)ccc1OS(=O)(=O)c1ccc(C)cc1. The van der Waals surface area contributed by atoms with Gasteiger partial charge in [-0.25, -0.2) is 0 Å². The smallest absolute Gasteiger partial charge is 0.339 e. The molecular weight excluding hydrogens is 410 g/mol. The number of ether oxygens (including phenoxy) is 1. The van der Waals surface area contributed by atoms with Crippen LogP contribution in [0.25, 0.3) is 0 Å². The summed E-state index contributed by atoms with van der Waals surface area (Å²) in [6.07, 6.45) is 0. The lowest BCUT2D eigenvalue weighted by molar-refractivity contribution is 0.390. The minimum absolute atomic E-state index is 0.0900. The molecule has 0 bridgehead atoms. The van der Waals surface area contributed by atoms with Crippen LogP contribution in [0.3, 0.4) is 0 Å². The van der Waals surface area contributed by atoms with Gasteiger partial charge in [-0.2, -0.15) is 8.42 Å². The van der Waals surface area contributed by atoms with Crippen LogP contribution in [-0.2, 0) is 16.7 Å². The third-order valence-corrected chi connectivity index (χ3v) is 6.06. The molecule has 152 valence electrons. The molecule has 0 aliphatic rings. The Morgan fingerprint density at radius 3 is 2.31 bits per heavy atom. The maximum absolute atomic E-state index is 12.5. The van der Waals surface area contributed by atoms with Gasteiger partial charge in [-0.05, 0) is 61.4 Å². The van der Waals surface area contributed by atoms with Crippen LogP contribution >= 0.6 is 11.6 Å². The number of benzene rings is 3. The summed E-state index contributed by atoms with van der Waals surface area (Å²) in [6, 6.07) is 17.3. The van der Waals surface area contributed by atoms with Crippen molar-refractivity contribution in [3.05, 3.63) is 82.4 Å². The first-order valence-electron chi connectivity index (χ1n) is 8.96. The van der Waals surface area contributed by atoms with Crippen molar-refractivity contribution in [3.8, 4) is 11.5 Å². The van der Waals surface area contributed by atoms with Crippen LogP contribution < -0.4 is 14.2 Å². The van der Waals surface area contributed by atoms with Crippen molar-refractivity contribution in [1.29, 1.82) is 0 Å². The van der Waals surface area contributed by atoms with Crippen molar-refractivity contribution in [2.75, 3.05) is 12.4 Å². The van der Waals surface area contributed by atoms with Gasteiger partial charge >= 0.3 is 10.1 Å². The van der Waals surface area contributed by atoms with E-state index in [4.69, 9.17) is 20.5 Å². The van der Waals surface area contributed by atoms with Crippen molar-refractivity contribution in [3.63, 3.8) is 0 Å². The molecular formula is C22H22ClNO4S. The first-order chi connectivity index (χ1) is 13.8. The maximum atomic E-state index is 12.5. The highest BCUT2D eigenvalue weighted by Crippen LogP contribution is 2.31. The second-order valence-electron chi connectivity index (χ2n) is 6.65. The molecule has 0 amide bonds. The van der Waals surface area contributed by atoms with Gasteiger partial charge in [-0.15, -0.1) is 0 Å². The van der Waals surface area contributed by atoms with Crippen molar-refractivity contribution < 1.29 is 17.3 Å². The van der Waals surface area contributed by atoms with Gasteiger partial charge in [0.1, 0.15) is 4.90 Å². The number of methoxy groups -OCH3 is 1. The summed E-state index contributed by atoms with van der Waals surface area (Å²) in [4.78, 5) is 0.0900. The fraction of sp³-hybridized carbons (Fsp3) is 0.182. The zero-order valence-electron chi connectivity index (χ0n) is 16.4. The first-order valence-corrected chi connectivity index (χ1v) is 10.8. The highest BCUT2D eigenvalue weighted by molar-refractivity contribution is 7.87. The van der Waals surface area contributed by atoms with Gasteiger partial charge in [0.05, 0.1) is 7.11 Å². The molecule has 0 atom stereocenters. The summed E-state index contributed by atoms with van der Waals surface area (Å²) in [5.74, 6) is 0.470. The van der Waals surface area contributed by atoms with Gasteiger partial charge in [0.2, 0.25) is 0 Å². The lowest BCUT2D eigenvalue weighted by Crippen LogP contribution is -2.10. The van der Waals surface area contributed by atoms with E-state index < -0.39 is 10.1 Å². The average Bonchev–Trinajstić information content (AvgIpc) is 2.69. The van der Waals surface area contributed by atoms with Gasteiger partial charge in [-0.3, -0.25) is 0 Å². The van der Waals surface area contributed by atoms with Crippen LogP contribution in [0.5, 0.6) is 11.5 Å². The van der Waals surface area contributed by atoms with E-state index >= 15 is 0 Å². The predicted octanol–water partition coefficient (Wildman–Crippen LogP) is 5.35. The summed E-state index contributed by atoms with van der Waals surface area (Å²) in [7, 11) is -2.48.